The molecule has 4 nitrogen and oxygen atoms in total. The van der Waals surface area contributed by atoms with E-state index in [-0.39, 0.29) is 5.91 Å². The van der Waals surface area contributed by atoms with Gasteiger partial charge in [-0.3, -0.25) is 9.59 Å². The largest absolute Gasteiger partial charge is 0.351 e. The summed E-state index contributed by atoms with van der Waals surface area (Å²) in [7, 11) is 0. The Hall–Kier alpha value is -1.29. The van der Waals surface area contributed by atoms with Crippen LogP contribution in [0, 0.1) is 0 Å². The van der Waals surface area contributed by atoms with Crippen LogP contribution >= 0.6 is 11.6 Å². The molecule has 5 heteroatoms. The standard InChI is InChI=1S/C9H11ClN2O2/c10-4-1-5-11-9(14)8-3-2-7(6-13)12-8/h2-3,6,12H,1,4-5H2,(H,11,14). The van der Waals surface area contributed by atoms with Gasteiger partial charge >= 0.3 is 0 Å². The molecule has 1 rings (SSSR count). The van der Waals surface area contributed by atoms with E-state index in [0.29, 0.717) is 30.1 Å². The highest BCUT2D eigenvalue weighted by molar-refractivity contribution is 6.17. The molecular formula is C9H11ClN2O2. The van der Waals surface area contributed by atoms with E-state index in [0.717, 1.165) is 6.42 Å². The first-order valence-corrected chi connectivity index (χ1v) is 4.79. The smallest absolute Gasteiger partial charge is 0.267 e. The molecule has 0 spiro atoms. The Morgan fingerprint density at radius 2 is 2.36 bits per heavy atom. The molecule has 0 saturated heterocycles. The number of nitrogens with one attached hydrogen (secondary N) is 2. The number of H-pyrrole nitrogens is 1. The fourth-order valence-electron chi connectivity index (χ4n) is 0.977. The van der Waals surface area contributed by atoms with Crippen LogP contribution < -0.4 is 5.32 Å². The molecule has 1 heterocycles. The zero-order chi connectivity index (χ0) is 10.4. The van der Waals surface area contributed by atoms with Crippen molar-refractivity contribution in [2.45, 2.75) is 6.42 Å². The molecule has 0 bridgehead atoms. The lowest BCUT2D eigenvalue weighted by molar-refractivity contribution is 0.0949. The summed E-state index contributed by atoms with van der Waals surface area (Å²) in [5.74, 6) is 0.299. The number of carbonyl (C=O) groups excluding carboxylic acids is 2. The Labute approximate surface area is 86.6 Å². The average molecular weight is 215 g/mol. The Bertz CT molecular complexity index is 322. The Kier molecular flexibility index (Phi) is 4.19. The quantitative estimate of drug-likeness (QED) is 0.439. The molecule has 1 aromatic rings. The first-order valence-electron chi connectivity index (χ1n) is 4.26. The van der Waals surface area contributed by atoms with Crippen LogP contribution in [0.4, 0.5) is 0 Å². The predicted molar refractivity (Wildman–Crippen MR) is 53.9 cm³/mol. The van der Waals surface area contributed by atoms with Gasteiger partial charge in [0.15, 0.2) is 6.29 Å². The van der Waals surface area contributed by atoms with Gasteiger partial charge in [0, 0.05) is 12.4 Å². The molecule has 0 aromatic carbocycles. The first-order chi connectivity index (χ1) is 6.77. The molecule has 1 amide bonds. The van der Waals surface area contributed by atoms with E-state index in [9.17, 15) is 9.59 Å². The molecule has 0 unspecified atom stereocenters. The predicted octanol–water partition coefficient (Wildman–Crippen LogP) is 1.19. The lowest BCUT2D eigenvalue weighted by Gasteiger charge is -2.00. The highest BCUT2D eigenvalue weighted by Gasteiger charge is 2.06. The molecule has 0 atom stereocenters. The SMILES string of the molecule is O=Cc1ccc(C(=O)NCCCCl)[nH]1. The molecule has 2 N–H and O–H groups in total. The monoisotopic (exact) mass is 214 g/mol. The van der Waals surface area contributed by atoms with Crippen molar-refractivity contribution in [2.75, 3.05) is 12.4 Å². The molecule has 1 aromatic heterocycles. The molecule has 76 valence electrons. The van der Waals surface area contributed by atoms with Gasteiger partial charge in [0.2, 0.25) is 0 Å². The summed E-state index contributed by atoms with van der Waals surface area (Å²) in [6, 6.07) is 3.13. The molecule has 0 aliphatic heterocycles. The third-order valence-electron chi connectivity index (χ3n) is 1.68. The van der Waals surface area contributed by atoms with Crippen LogP contribution in [-0.2, 0) is 0 Å². The van der Waals surface area contributed by atoms with E-state index in [1.165, 1.54) is 0 Å². The summed E-state index contributed by atoms with van der Waals surface area (Å²) in [6.07, 6.45) is 1.39. The lowest BCUT2D eigenvalue weighted by Crippen LogP contribution is -2.24. The number of carbonyl (C=O) groups is 2. The van der Waals surface area contributed by atoms with E-state index in [1.807, 2.05) is 0 Å². The Morgan fingerprint density at radius 3 is 2.93 bits per heavy atom. The summed E-state index contributed by atoms with van der Waals surface area (Å²) in [5.41, 5.74) is 0.786. The van der Waals surface area contributed by atoms with Crippen molar-refractivity contribution in [1.29, 1.82) is 0 Å². The summed E-state index contributed by atoms with van der Waals surface area (Å²) in [4.78, 5) is 24.3. The minimum absolute atomic E-state index is 0.219. The van der Waals surface area contributed by atoms with Crippen LogP contribution in [0.25, 0.3) is 0 Å². The molecule has 14 heavy (non-hydrogen) atoms. The normalized spacial score (nSPS) is 9.79. The second-order valence-electron chi connectivity index (χ2n) is 2.74. The van der Waals surface area contributed by atoms with Gasteiger partial charge < -0.3 is 10.3 Å². The summed E-state index contributed by atoms with van der Waals surface area (Å²) in [5, 5.41) is 2.67. The maximum atomic E-state index is 11.3. The maximum absolute atomic E-state index is 11.3. The van der Waals surface area contributed by atoms with E-state index in [1.54, 1.807) is 12.1 Å². The highest BCUT2D eigenvalue weighted by atomic mass is 35.5. The third-order valence-corrected chi connectivity index (χ3v) is 1.94. The van der Waals surface area contributed by atoms with Gasteiger partial charge in [0.25, 0.3) is 5.91 Å². The Morgan fingerprint density at radius 1 is 1.57 bits per heavy atom. The van der Waals surface area contributed by atoms with Crippen LogP contribution in [0.1, 0.15) is 27.4 Å². The highest BCUT2D eigenvalue weighted by Crippen LogP contribution is 1.99. The van der Waals surface area contributed by atoms with E-state index in [2.05, 4.69) is 10.3 Å². The number of aromatic nitrogens is 1. The molecular weight excluding hydrogens is 204 g/mol. The van der Waals surface area contributed by atoms with Gasteiger partial charge in [-0.25, -0.2) is 0 Å². The number of hydrogen-bond donors (Lipinski definition) is 2. The zero-order valence-corrected chi connectivity index (χ0v) is 8.30. The minimum atomic E-state index is -0.219. The van der Waals surface area contributed by atoms with Crippen molar-refractivity contribution in [1.82, 2.24) is 10.3 Å². The van der Waals surface area contributed by atoms with Gasteiger partial charge in [-0.1, -0.05) is 0 Å². The van der Waals surface area contributed by atoms with Crippen LogP contribution in [0.15, 0.2) is 12.1 Å². The number of aromatic amines is 1. The van der Waals surface area contributed by atoms with Crippen LogP contribution in [0.3, 0.4) is 0 Å². The minimum Gasteiger partial charge on any atom is -0.351 e. The van der Waals surface area contributed by atoms with Gasteiger partial charge in [-0.2, -0.15) is 0 Å². The summed E-state index contributed by atoms with van der Waals surface area (Å²) in [6.45, 7) is 0.539. The average Bonchev–Trinajstić information content (AvgIpc) is 2.66. The number of aldehydes is 1. The van der Waals surface area contributed by atoms with Crippen molar-refractivity contribution < 1.29 is 9.59 Å². The first kappa shape index (κ1) is 10.8. The molecule has 0 aliphatic carbocycles. The van der Waals surface area contributed by atoms with Crippen molar-refractivity contribution in [3.05, 3.63) is 23.5 Å². The third kappa shape index (κ3) is 2.88. The van der Waals surface area contributed by atoms with Gasteiger partial charge in [0.05, 0.1) is 5.69 Å². The molecule has 0 radical (unpaired) electrons. The number of hydrogen-bond acceptors (Lipinski definition) is 2. The van der Waals surface area contributed by atoms with Gasteiger partial charge in [0.1, 0.15) is 5.69 Å². The van der Waals surface area contributed by atoms with E-state index < -0.39 is 0 Å². The van der Waals surface area contributed by atoms with Gasteiger partial charge in [-0.05, 0) is 18.6 Å². The van der Waals surface area contributed by atoms with Crippen molar-refractivity contribution >= 4 is 23.8 Å². The molecule has 0 aliphatic rings. The second-order valence-corrected chi connectivity index (χ2v) is 3.12. The number of amides is 1. The van der Waals surface area contributed by atoms with E-state index >= 15 is 0 Å². The van der Waals surface area contributed by atoms with Crippen molar-refractivity contribution in [3.63, 3.8) is 0 Å². The van der Waals surface area contributed by atoms with E-state index in [4.69, 9.17) is 11.6 Å². The van der Waals surface area contributed by atoms with Gasteiger partial charge in [-0.15, -0.1) is 11.6 Å². The number of rotatable bonds is 5. The fourth-order valence-corrected chi connectivity index (χ4v) is 1.11. The Balaban J connectivity index is 2.47. The van der Waals surface area contributed by atoms with Crippen LogP contribution in [0.2, 0.25) is 0 Å². The number of halogens is 1. The topological polar surface area (TPSA) is 62.0 Å². The second kappa shape index (κ2) is 5.44. The lowest BCUT2D eigenvalue weighted by atomic mass is 10.4. The van der Waals surface area contributed by atoms with Crippen LogP contribution in [0.5, 0.6) is 0 Å². The zero-order valence-electron chi connectivity index (χ0n) is 7.55. The fraction of sp³-hybridized carbons (Fsp3) is 0.333. The van der Waals surface area contributed by atoms with Crippen LogP contribution in [-0.4, -0.2) is 29.6 Å². The summed E-state index contributed by atoms with van der Waals surface area (Å²) >= 11 is 5.45. The van der Waals surface area contributed by atoms with Crippen molar-refractivity contribution in [3.8, 4) is 0 Å². The number of alkyl halides is 1. The van der Waals surface area contributed by atoms with Crippen molar-refractivity contribution in [2.24, 2.45) is 0 Å². The molecule has 0 fully saturated rings. The summed E-state index contributed by atoms with van der Waals surface area (Å²) < 4.78 is 0. The maximum Gasteiger partial charge on any atom is 0.267 e. The molecule has 0 saturated carbocycles.